The van der Waals surface area contributed by atoms with Crippen LogP contribution in [-0.4, -0.2) is 254 Å². The molecule has 42 heteroatoms. The zero-order valence-electron chi connectivity index (χ0n) is 63.5. The highest BCUT2D eigenvalue weighted by Gasteiger charge is 2.62. The molecule has 9 N–H and O–H groups in total. The minimum atomic E-state index is -1.11. The third-order valence-electron chi connectivity index (χ3n) is 22.4. The van der Waals surface area contributed by atoms with Gasteiger partial charge in [0, 0.05) is 55.0 Å². The van der Waals surface area contributed by atoms with E-state index in [0.717, 1.165) is 42.4 Å². The van der Waals surface area contributed by atoms with Crippen molar-refractivity contribution in [1.82, 2.24) is 89.2 Å². The van der Waals surface area contributed by atoms with Gasteiger partial charge >= 0.3 is 36.0 Å². The summed E-state index contributed by atoms with van der Waals surface area (Å²) in [7, 11) is 0. The van der Waals surface area contributed by atoms with Gasteiger partial charge in [-0.1, -0.05) is 91.0 Å². The number of hydrogen-bond donors (Lipinski definition) is 9. The molecule has 2 saturated carbocycles. The van der Waals surface area contributed by atoms with Gasteiger partial charge in [-0.05, 0) is 71.1 Å². The quantitative estimate of drug-likeness (QED) is 0.0568. The van der Waals surface area contributed by atoms with E-state index in [2.05, 4.69) is 76.8 Å². The van der Waals surface area contributed by atoms with Crippen molar-refractivity contribution in [3.63, 3.8) is 0 Å². The van der Waals surface area contributed by atoms with Crippen molar-refractivity contribution in [2.24, 2.45) is 0 Å². The number of urea groups is 3. The molecule has 18 atom stereocenters. The predicted molar refractivity (Wildman–Crippen MR) is 405 cm³/mol. The molecule has 620 valence electrons. The number of hydrogen-bond acceptors (Lipinski definition) is 27. The highest BCUT2D eigenvalue weighted by molar-refractivity contribution is 5.98. The summed E-state index contributed by atoms with van der Waals surface area (Å²) >= 11 is 0. The minimum absolute atomic E-state index is 0.168. The van der Waals surface area contributed by atoms with Crippen LogP contribution in [0.3, 0.4) is 0 Å². The first-order chi connectivity index (χ1) is 57.9. The minimum Gasteiger partial charge on any atom is -0.480 e. The van der Waals surface area contributed by atoms with Crippen LogP contribution in [0.1, 0.15) is 125 Å². The number of fused-ring (bicyclic) bond motifs is 6. The fourth-order valence-electron chi connectivity index (χ4n) is 16.5. The predicted octanol–water partition coefficient (Wildman–Crippen LogP) is 4.56. The van der Waals surface area contributed by atoms with Gasteiger partial charge in [-0.25, -0.2) is 73.6 Å². The normalized spacial score (nSPS) is 29.0. The van der Waals surface area contributed by atoms with Gasteiger partial charge in [-0.15, -0.1) is 0 Å². The molecule has 0 spiro atoms. The van der Waals surface area contributed by atoms with Crippen LogP contribution in [0.25, 0.3) is 33.5 Å². The summed E-state index contributed by atoms with van der Waals surface area (Å²) in [5.74, 6) is -3.87. The maximum atomic E-state index is 13.7. The molecular weight excluding hydrogens is 1550 g/mol. The molecule has 11 aliphatic rings. The molecule has 15 heterocycles. The fourth-order valence-corrected chi connectivity index (χ4v) is 16.5. The molecular formula is C77H81N21O21. The largest absolute Gasteiger partial charge is 0.480 e. The molecule has 2 aliphatic carbocycles. The Morgan fingerprint density at radius 1 is 0.370 bits per heavy atom. The standard InChI is InChI=1S/2C26H27N7O7.C25H27N7O7/c2*34-22(32-10-4-7-15(32)24(35)36)18-17-19(40-25(39-17)13-5-2-1-3-6-13)23(38-18)33-12-29-16-20(27-11-28-21(16)33)31-26(37)30-14-8-9-14;1-2-26-25(36)30-19-15-20(28-11-27-19)32(12-29-15)22-18-16(38-24(39-18)13-7-4-3-5-8-13)17(37-22)21(33)31-10-6-9-14(31)23(34)35/h2*1-3,5-6,11-12,14-15,17-19,23,25H,4,7-10H2,(H,35,36)(H2,27,28,30,31,37);3-5,7-8,11-12,14,16-18,22,24H,2,6,9-10H2,1H3,(H,34,35)(H2,26,27,28,30,36)/t15-,17?,18?,19?,23?,25+;15-,17?,18?,19?,23?,25-;14-,16?,17?,18?,22?,24-/m100/s1. The van der Waals surface area contributed by atoms with Gasteiger partial charge in [0.2, 0.25) is 0 Å². The summed E-state index contributed by atoms with van der Waals surface area (Å²) in [6.45, 7) is 3.18. The Labute approximate surface area is 673 Å². The summed E-state index contributed by atoms with van der Waals surface area (Å²) in [6, 6.07) is 24.4. The number of carbonyl (C=O) groups excluding carboxylic acids is 6. The Bertz CT molecular complexity index is 5140. The molecule has 20 rings (SSSR count). The monoisotopic (exact) mass is 1640 g/mol. The van der Waals surface area contributed by atoms with E-state index >= 15 is 0 Å². The number of benzene rings is 3. The topological polar surface area (TPSA) is 510 Å². The molecule has 9 aliphatic heterocycles. The second-order valence-corrected chi connectivity index (χ2v) is 30.1. The van der Waals surface area contributed by atoms with E-state index in [1.165, 1.54) is 52.7 Å². The molecule has 0 bridgehead atoms. The van der Waals surface area contributed by atoms with Crippen molar-refractivity contribution in [3.05, 3.63) is 146 Å². The molecule has 42 nitrogen and oxygen atoms in total. The maximum Gasteiger partial charge on any atom is 0.326 e. The second-order valence-electron chi connectivity index (χ2n) is 30.1. The van der Waals surface area contributed by atoms with E-state index in [4.69, 9.17) is 42.6 Å². The van der Waals surface area contributed by atoms with Crippen molar-refractivity contribution in [3.8, 4) is 0 Å². The van der Waals surface area contributed by atoms with Gasteiger partial charge in [0.25, 0.3) is 17.7 Å². The lowest BCUT2D eigenvalue weighted by Crippen LogP contribution is -2.49. The lowest BCUT2D eigenvalue weighted by Gasteiger charge is -2.27. The highest BCUT2D eigenvalue weighted by atomic mass is 16.8. The van der Waals surface area contributed by atoms with Gasteiger partial charge < -0.3 is 88.6 Å². The van der Waals surface area contributed by atoms with Crippen LogP contribution < -0.4 is 31.9 Å². The number of likely N-dealkylation sites (tertiary alicyclic amines) is 3. The SMILES string of the molecule is CCNC(=O)Nc1ncnc2c1ncn2C1OC(C(=O)N2CCC[C@H]2C(=O)O)C2O[C@H](c3ccccc3)OC21.O=C(Nc1ncnc2c1ncn2C1OC(C(=O)N2CCC[C@@H]2C(=O)O)C2O[C@H](c3ccccc3)OC21)NC1CC1.O=C(Nc1ncnc2c1ncn2C1OC(C(=O)N2CCC[C@H]2C(=O)O)C2O[C@H](c3ccccc3)OC21)NC1CC1. The van der Waals surface area contributed by atoms with E-state index in [1.54, 1.807) is 20.6 Å². The first-order valence-electron chi connectivity index (χ1n) is 39.3. The lowest BCUT2D eigenvalue weighted by molar-refractivity contribution is -0.171. The number of carbonyl (C=O) groups is 9. The highest BCUT2D eigenvalue weighted by Crippen LogP contribution is 2.50. The molecule has 9 amide bonds. The molecule has 3 aromatic carbocycles. The Balaban J connectivity index is 0.000000123. The number of imidazole rings is 3. The first-order valence-corrected chi connectivity index (χ1v) is 39.3. The van der Waals surface area contributed by atoms with Crippen LogP contribution in [0, 0.1) is 0 Å². The van der Waals surface area contributed by atoms with Gasteiger partial charge in [0.05, 0.1) is 19.0 Å². The number of rotatable bonds is 18. The number of nitrogens with zero attached hydrogens (tertiary/aromatic N) is 15. The zero-order valence-corrected chi connectivity index (χ0v) is 63.5. The van der Waals surface area contributed by atoms with E-state index < -0.39 is 152 Å². The van der Waals surface area contributed by atoms with E-state index in [0.29, 0.717) is 98.2 Å². The van der Waals surface area contributed by atoms with Crippen LogP contribution in [-0.2, 0) is 71.4 Å². The van der Waals surface area contributed by atoms with E-state index in [-0.39, 0.29) is 41.6 Å². The maximum absolute atomic E-state index is 13.7. The third kappa shape index (κ3) is 15.4. The summed E-state index contributed by atoms with van der Waals surface area (Å²) in [5, 5.41) is 45.4. The number of amides is 9. The number of aliphatic carboxylic acids is 3. The number of aromatic nitrogens is 12. The number of carboxylic acids is 3. The molecule has 12 unspecified atom stereocenters. The van der Waals surface area contributed by atoms with Crippen LogP contribution in [0.5, 0.6) is 0 Å². The summed E-state index contributed by atoms with van der Waals surface area (Å²) in [4.78, 5) is 156. The molecule has 9 saturated heterocycles. The molecule has 119 heavy (non-hydrogen) atoms. The molecule has 6 aromatic heterocycles. The second kappa shape index (κ2) is 32.8. The van der Waals surface area contributed by atoms with Crippen molar-refractivity contribution < 1.29 is 101 Å². The zero-order chi connectivity index (χ0) is 81.9. The Morgan fingerprint density at radius 2 is 0.664 bits per heavy atom. The number of anilines is 3. The van der Waals surface area contributed by atoms with Crippen LogP contribution in [0.15, 0.2) is 129 Å². The summed E-state index contributed by atoms with van der Waals surface area (Å²) < 4.78 is 61.3. The number of nitrogens with one attached hydrogen (secondary N) is 6. The molecule has 0 radical (unpaired) electrons. The van der Waals surface area contributed by atoms with Crippen molar-refractivity contribution >= 4 is 105 Å². The summed E-state index contributed by atoms with van der Waals surface area (Å²) in [6.07, 6.45) is 2.23. The van der Waals surface area contributed by atoms with Crippen molar-refractivity contribution in [2.75, 3.05) is 42.1 Å². The van der Waals surface area contributed by atoms with Crippen LogP contribution in [0.4, 0.5) is 31.8 Å². The van der Waals surface area contributed by atoms with Crippen LogP contribution >= 0.6 is 0 Å². The first kappa shape index (κ1) is 77.8. The molecule has 9 aromatic rings. The van der Waals surface area contributed by atoms with Gasteiger partial charge in [0.1, 0.15) is 73.7 Å². The lowest BCUT2D eigenvalue weighted by atomic mass is 10.1. The Kier molecular flexibility index (Phi) is 21.5. The molecule has 11 fully saturated rings. The summed E-state index contributed by atoms with van der Waals surface area (Å²) in [5.41, 5.74) is 4.41. The average Bonchev–Trinajstić information content (AvgIpc) is 1.59. The van der Waals surface area contributed by atoms with E-state index in [9.17, 15) is 58.5 Å². The number of ether oxygens (including phenoxy) is 9. The number of carboxylic acid groups (broad SMARTS) is 3. The van der Waals surface area contributed by atoms with Crippen molar-refractivity contribution in [1.29, 1.82) is 0 Å². The Morgan fingerprint density at radius 3 is 0.950 bits per heavy atom. The fraction of sp³-hybridized carbons (Fsp3) is 0.455. The van der Waals surface area contributed by atoms with Gasteiger partial charge in [-0.2, -0.15) is 0 Å². The van der Waals surface area contributed by atoms with Crippen molar-refractivity contribution in [2.45, 2.75) is 194 Å². The Hall–Kier alpha value is -12.4. The van der Waals surface area contributed by atoms with E-state index in [1.807, 2.05) is 91.0 Å². The van der Waals surface area contributed by atoms with Gasteiger partial charge in [-0.3, -0.25) is 44.0 Å². The average molecular weight is 1640 g/mol. The van der Waals surface area contributed by atoms with Gasteiger partial charge in [0.15, 0.2) is 107 Å². The van der Waals surface area contributed by atoms with Crippen LogP contribution in [0.2, 0.25) is 0 Å². The smallest absolute Gasteiger partial charge is 0.326 e. The third-order valence-corrected chi connectivity index (χ3v) is 22.4.